The van der Waals surface area contributed by atoms with Gasteiger partial charge in [0, 0.05) is 41.9 Å². The van der Waals surface area contributed by atoms with Crippen LogP contribution in [0.2, 0.25) is 0 Å². The molecule has 0 radical (unpaired) electrons. The summed E-state index contributed by atoms with van der Waals surface area (Å²) >= 11 is 0. The molecule has 1 aliphatic heterocycles. The Balaban J connectivity index is 1.89. The topological polar surface area (TPSA) is 65.4 Å². The Bertz CT molecular complexity index is 661. The number of amides is 1. The molecule has 1 atom stereocenters. The summed E-state index contributed by atoms with van der Waals surface area (Å²) in [6, 6.07) is 5.94. The Hall–Kier alpha value is -2.01. The quantitative estimate of drug-likeness (QED) is 0.847. The number of rotatable bonds is 3. The molecule has 0 aliphatic carbocycles. The minimum atomic E-state index is 0.121. The summed E-state index contributed by atoms with van der Waals surface area (Å²) in [5.41, 5.74) is 8.16. The Morgan fingerprint density at radius 2 is 2.29 bits per heavy atom. The number of fused-ring (bicyclic) bond motifs is 1. The molecular weight excluding hydrogens is 264 g/mol. The molecule has 21 heavy (non-hydrogen) atoms. The predicted molar refractivity (Wildman–Crippen MR) is 85.3 cm³/mol. The maximum Gasteiger partial charge on any atom is 0.256 e. The van der Waals surface area contributed by atoms with Crippen molar-refractivity contribution in [2.24, 2.45) is 0 Å². The van der Waals surface area contributed by atoms with Crippen LogP contribution in [0.25, 0.3) is 10.9 Å². The highest BCUT2D eigenvalue weighted by Gasteiger charge is 2.30. The van der Waals surface area contributed by atoms with Gasteiger partial charge in [0.15, 0.2) is 0 Å². The van der Waals surface area contributed by atoms with Gasteiger partial charge in [-0.25, -0.2) is 0 Å². The molecule has 1 fully saturated rings. The average molecular weight is 286 g/mol. The Kier molecular flexibility index (Phi) is 3.59. The van der Waals surface area contributed by atoms with E-state index < -0.39 is 0 Å². The second-order valence-electron chi connectivity index (χ2n) is 6.06. The van der Waals surface area contributed by atoms with E-state index in [0.29, 0.717) is 11.7 Å². The van der Waals surface area contributed by atoms with E-state index in [4.69, 9.17) is 5.73 Å². The summed E-state index contributed by atoms with van der Waals surface area (Å²) in [4.78, 5) is 20.2. The Labute approximate surface area is 124 Å². The average Bonchev–Trinajstić information content (AvgIpc) is 3.03. The molecule has 1 aromatic heterocycles. The highest BCUT2D eigenvalue weighted by atomic mass is 16.2. The van der Waals surface area contributed by atoms with Crippen LogP contribution in [-0.4, -0.2) is 53.9 Å². The van der Waals surface area contributed by atoms with Crippen molar-refractivity contribution >= 4 is 22.5 Å². The number of nitrogens with zero attached hydrogens (tertiary/aromatic N) is 2. The molecule has 1 unspecified atom stereocenters. The van der Waals surface area contributed by atoms with Gasteiger partial charge in [-0.05, 0) is 45.1 Å². The number of hydrogen-bond acceptors (Lipinski definition) is 3. The fraction of sp³-hybridized carbons (Fsp3) is 0.438. The summed E-state index contributed by atoms with van der Waals surface area (Å²) < 4.78 is 0. The molecular formula is C16H22N4O. The number of nitrogens with two attached hydrogens (primary N) is 1. The van der Waals surface area contributed by atoms with Gasteiger partial charge < -0.3 is 20.5 Å². The van der Waals surface area contributed by atoms with Crippen LogP contribution in [0.15, 0.2) is 24.4 Å². The van der Waals surface area contributed by atoms with Crippen LogP contribution >= 0.6 is 0 Å². The van der Waals surface area contributed by atoms with Gasteiger partial charge in [0.05, 0.1) is 5.56 Å². The van der Waals surface area contributed by atoms with Gasteiger partial charge in [-0.3, -0.25) is 4.79 Å². The molecule has 112 valence electrons. The first-order valence-electron chi connectivity index (χ1n) is 7.38. The number of H-pyrrole nitrogens is 1. The molecule has 1 amide bonds. The van der Waals surface area contributed by atoms with Crippen molar-refractivity contribution in [2.75, 3.05) is 32.9 Å². The number of aromatic nitrogens is 1. The molecule has 0 bridgehead atoms. The number of likely N-dealkylation sites (tertiary alicyclic amines) is 1. The largest absolute Gasteiger partial charge is 0.399 e. The van der Waals surface area contributed by atoms with Gasteiger partial charge in [0.25, 0.3) is 5.91 Å². The molecule has 3 N–H and O–H groups in total. The van der Waals surface area contributed by atoms with Crippen LogP contribution in [0.1, 0.15) is 23.2 Å². The first-order valence-corrected chi connectivity index (χ1v) is 7.38. The van der Waals surface area contributed by atoms with Crippen molar-refractivity contribution in [1.29, 1.82) is 0 Å². The van der Waals surface area contributed by atoms with Crippen LogP contribution in [0.4, 0.5) is 5.69 Å². The molecule has 0 spiro atoms. The minimum absolute atomic E-state index is 0.121. The summed E-state index contributed by atoms with van der Waals surface area (Å²) in [5.74, 6) is 0.121. The molecule has 2 aromatic rings. The summed E-state index contributed by atoms with van der Waals surface area (Å²) in [5, 5.41) is 0.949. The molecule has 5 nitrogen and oxygen atoms in total. The van der Waals surface area contributed by atoms with Gasteiger partial charge in [-0.1, -0.05) is 0 Å². The maximum absolute atomic E-state index is 12.9. The van der Waals surface area contributed by atoms with Crippen LogP contribution < -0.4 is 5.73 Å². The summed E-state index contributed by atoms with van der Waals surface area (Å²) in [6.45, 7) is 1.76. The van der Waals surface area contributed by atoms with Gasteiger partial charge in [-0.15, -0.1) is 0 Å². The molecule has 1 aliphatic rings. The first kappa shape index (κ1) is 13.9. The first-order chi connectivity index (χ1) is 10.1. The lowest BCUT2D eigenvalue weighted by Gasteiger charge is -2.27. The van der Waals surface area contributed by atoms with E-state index in [2.05, 4.69) is 24.0 Å². The number of benzene rings is 1. The smallest absolute Gasteiger partial charge is 0.256 e. The number of aromatic amines is 1. The van der Waals surface area contributed by atoms with E-state index in [1.54, 1.807) is 6.20 Å². The van der Waals surface area contributed by atoms with E-state index >= 15 is 0 Å². The predicted octanol–water partition coefficient (Wildman–Crippen LogP) is 1.92. The number of nitrogens with one attached hydrogen (secondary N) is 1. The van der Waals surface area contributed by atoms with Crippen LogP contribution in [0.5, 0.6) is 0 Å². The normalized spacial score (nSPS) is 18.8. The molecule has 5 heteroatoms. The second kappa shape index (κ2) is 5.41. The molecule has 2 heterocycles. The fourth-order valence-corrected chi connectivity index (χ4v) is 3.19. The van der Waals surface area contributed by atoms with Crippen molar-refractivity contribution in [3.05, 3.63) is 30.0 Å². The second-order valence-corrected chi connectivity index (χ2v) is 6.06. The maximum atomic E-state index is 12.9. The molecule has 1 saturated heterocycles. The lowest BCUT2D eigenvalue weighted by molar-refractivity contribution is 0.0718. The zero-order chi connectivity index (χ0) is 15.0. The number of likely N-dealkylation sites (N-methyl/N-ethyl adjacent to an activating group) is 1. The minimum Gasteiger partial charge on any atom is -0.399 e. The fourth-order valence-electron chi connectivity index (χ4n) is 3.19. The molecule has 3 rings (SSSR count). The Morgan fingerprint density at radius 3 is 3.05 bits per heavy atom. The van der Waals surface area contributed by atoms with Gasteiger partial charge >= 0.3 is 0 Å². The highest BCUT2D eigenvalue weighted by molar-refractivity contribution is 6.07. The van der Waals surface area contributed by atoms with Crippen molar-refractivity contribution < 1.29 is 4.79 Å². The van der Waals surface area contributed by atoms with Crippen molar-refractivity contribution in [3.63, 3.8) is 0 Å². The zero-order valence-electron chi connectivity index (χ0n) is 12.6. The lowest BCUT2D eigenvalue weighted by Crippen LogP contribution is -2.41. The van der Waals surface area contributed by atoms with Crippen LogP contribution in [-0.2, 0) is 0 Å². The van der Waals surface area contributed by atoms with E-state index in [9.17, 15) is 4.79 Å². The number of hydrogen-bond donors (Lipinski definition) is 2. The van der Waals surface area contributed by atoms with Gasteiger partial charge in [0.1, 0.15) is 0 Å². The third-order valence-electron chi connectivity index (χ3n) is 4.15. The monoisotopic (exact) mass is 286 g/mol. The number of carbonyl (C=O) groups excluding carboxylic acids is 1. The van der Waals surface area contributed by atoms with E-state index in [-0.39, 0.29) is 5.91 Å². The van der Waals surface area contributed by atoms with Gasteiger partial charge in [0.2, 0.25) is 0 Å². The van der Waals surface area contributed by atoms with Crippen molar-refractivity contribution in [1.82, 2.24) is 14.8 Å². The summed E-state index contributed by atoms with van der Waals surface area (Å²) in [7, 11) is 4.10. The number of nitrogen functional groups attached to an aromatic ring is 1. The van der Waals surface area contributed by atoms with Gasteiger partial charge in [-0.2, -0.15) is 0 Å². The van der Waals surface area contributed by atoms with Crippen LogP contribution in [0, 0.1) is 0 Å². The summed E-state index contributed by atoms with van der Waals surface area (Å²) in [6.07, 6.45) is 3.97. The zero-order valence-corrected chi connectivity index (χ0v) is 12.6. The van der Waals surface area contributed by atoms with Crippen LogP contribution in [0.3, 0.4) is 0 Å². The Morgan fingerprint density at radius 1 is 1.48 bits per heavy atom. The lowest BCUT2D eigenvalue weighted by atomic mass is 10.1. The van der Waals surface area contributed by atoms with Crippen molar-refractivity contribution in [3.8, 4) is 0 Å². The third-order valence-corrected chi connectivity index (χ3v) is 4.15. The third kappa shape index (κ3) is 2.61. The molecule has 0 saturated carbocycles. The van der Waals surface area contributed by atoms with E-state index in [0.717, 1.165) is 42.4 Å². The number of carbonyl (C=O) groups is 1. The number of anilines is 1. The van der Waals surface area contributed by atoms with E-state index in [1.807, 2.05) is 23.1 Å². The standard InChI is InChI=1S/C16H22N4O/c1-19(2)10-12-4-3-7-20(12)16(21)14-9-18-15-8-11(17)5-6-13(14)15/h5-6,8-9,12,18H,3-4,7,10,17H2,1-2H3. The van der Waals surface area contributed by atoms with E-state index in [1.165, 1.54) is 0 Å². The highest BCUT2D eigenvalue weighted by Crippen LogP contribution is 2.26. The van der Waals surface area contributed by atoms with Crippen molar-refractivity contribution in [2.45, 2.75) is 18.9 Å². The molecule has 1 aromatic carbocycles. The SMILES string of the molecule is CN(C)CC1CCCN1C(=O)c1c[nH]c2cc(N)ccc12.